The fraction of sp³-hybridized carbons (Fsp3) is 0.737. The Balaban J connectivity index is 1.85. The average molecular weight is 1000 g/mol. The van der Waals surface area contributed by atoms with Gasteiger partial charge in [-0.1, -0.05) is 170 Å². The van der Waals surface area contributed by atoms with Crippen LogP contribution in [-0.4, -0.2) is 140 Å². The molecule has 0 aromatic rings. The van der Waals surface area contributed by atoms with Crippen LogP contribution in [0.3, 0.4) is 0 Å². The van der Waals surface area contributed by atoms with Gasteiger partial charge in [0.05, 0.1) is 32.0 Å². The number of allylic oxidation sites excluding steroid dienone is 13. The fourth-order valence-corrected chi connectivity index (χ4v) is 8.37. The van der Waals surface area contributed by atoms with Crippen LogP contribution < -0.4 is 5.32 Å². The third-order valence-corrected chi connectivity index (χ3v) is 12.8. The monoisotopic (exact) mass is 1000 g/mol. The van der Waals surface area contributed by atoms with Crippen LogP contribution in [0, 0.1) is 0 Å². The lowest BCUT2D eigenvalue weighted by Crippen LogP contribution is -2.65. The number of rotatable bonds is 41. The quantitative estimate of drug-likeness (QED) is 0.0208. The molecule has 2 heterocycles. The van der Waals surface area contributed by atoms with Crippen molar-refractivity contribution in [2.45, 2.75) is 248 Å². The zero-order valence-corrected chi connectivity index (χ0v) is 43.4. The summed E-state index contributed by atoms with van der Waals surface area (Å²) in [5, 5.41) is 86.8. The van der Waals surface area contributed by atoms with Crippen LogP contribution in [0.2, 0.25) is 0 Å². The van der Waals surface area contributed by atoms with E-state index in [4.69, 9.17) is 18.9 Å². The molecule has 14 nitrogen and oxygen atoms in total. The molecular weight excluding hydrogens is 907 g/mol. The molecular formula is C57H97NO13. The summed E-state index contributed by atoms with van der Waals surface area (Å²) < 4.78 is 22.7. The van der Waals surface area contributed by atoms with Gasteiger partial charge in [-0.25, -0.2) is 0 Å². The Morgan fingerprint density at radius 1 is 0.521 bits per heavy atom. The molecule has 71 heavy (non-hydrogen) atoms. The second-order valence-corrected chi connectivity index (χ2v) is 19.0. The highest BCUT2D eigenvalue weighted by molar-refractivity contribution is 5.76. The van der Waals surface area contributed by atoms with E-state index in [-0.39, 0.29) is 18.9 Å². The number of unbranched alkanes of at least 4 members (excludes halogenated alkanes) is 16. The van der Waals surface area contributed by atoms with Crippen molar-refractivity contribution in [3.8, 4) is 0 Å². The predicted molar refractivity (Wildman–Crippen MR) is 281 cm³/mol. The molecule has 12 unspecified atom stereocenters. The van der Waals surface area contributed by atoms with Gasteiger partial charge in [-0.3, -0.25) is 4.79 Å². The van der Waals surface area contributed by atoms with Crippen LogP contribution in [0.4, 0.5) is 0 Å². The van der Waals surface area contributed by atoms with Crippen LogP contribution in [0.5, 0.6) is 0 Å². The molecule has 0 saturated carbocycles. The number of carbonyl (C=O) groups is 1. The van der Waals surface area contributed by atoms with E-state index in [0.29, 0.717) is 12.8 Å². The number of hydrogen-bond donors (Lipinski definition) is 9. The van der Waals surface area contributed by atoms with Crippen molar-refractivity contribution >= 4 is 5.91 Å². The first kappa shape index (κ1) is 64.3. The molecule has 12 atom stereocenters. The van der Waals surface area contributed by atoms with Gasteiger partial charge in [-0.2, -0.15) is 0 Å². The number of amides is 1. The van der Waals surface area contributed by atoms with Gasteiger partial charge in [-0.05, 0) is 83.5 Å². The second-order valence-electron chi connectivity index (χ2n) is 19.0. The molecule has 9 N–H and O–H groups in total. The fourth-order valence-electron chi connectivity index (χ4n) is 8.37. The van der Waals surface area contributed by atoms with Crippen molar-refractivity contribution in [2.75, 3.05) is 19.8 Å². The van der Waals surface area contributed by atoms with Crippen molar-refractivity contribution in [1.29, 1.82) is 0 Å². The summed E-state index contributed by atoms with van der Waals surface area (Å²) in [7, 11) is 0. The van der Waals surface area contributed by atoms with Gasteiger partial charge in [0.15, 0.2) is 12.6 Å². The van der Waals surface area contributed by atoms with E-state index in [1.54, 1.807) is 6.08 Å². The van der Waals surface area contributed by atoms with Gasteiger partial charge in [0.1, 0.15) is 48.8 Å². The maximum Gasteiger partial charge on any atom is 0.220 e. The molecule has 2 fully saturated rings. The lowest BCUT2D eigenvalue weighted by atomic mass is 9.97. The smallest absolute Gasteiger partial charge is 0.220 e. The lowest BCUT2D eigenvalue weighted by molar-refractivity contribution is -0.359. The van der Waals surface area contributed by atoms with Crippen molar-refractivity contribution in [3.63, 3.8) is 0 Å². The average Bonchev–Trinajstić information content (AvgIpc) is 3.37. The summed E-state index contributed by atoms with van der Waals surface area (Å²) in [5.41, 5.74) is 0. The molecule has 2 aliphatic rings. The minimum atomic E-state index is -1.80. The van der Waals surface area contributed by atoms with Gasteiger partial charge in [0, 0.05) is 6.42 Å². The molecule has 0 aromatic carbocycles. The van der Waals surface area contributed by atoms with Crippen LogP contribution >= 0.6 is 0 Å². The second kappa shape index (κ2) is 42.5. The van der Waals surface area contributed by atoms with Gasteiger partial charge < -0.3 is 65.1 Å². The van der Waals surface area contributed by atoms with Crippen LogP contribution in [-0.2, 0) is 23.7 Å². The van der Waals surface area contributed by atoms with Gasteiger partial charge in [-0.15, -0.1) is 0 Å². The Hall–Kier alpha value is -2.83. The first-order valence-electron chi connectivity index (χ1n) is 27.3. The molecule has 408 valence electrons. The first-order valence-corrected chi connectivity index (χ1v) is 27.3. The number of ether oxygens (including phenoxy) is 4. The predicted octanol–water partition coefficient (Wildman–Crippen LogP) is 8.16. The number of aliphatic hydroxyl groups is 8. The minimum absolute atomic E-state index is 0.213. The summed E-state index contributed by atoms with van der Waals surface area (Å²) in [4.78, 5) is 13.2. The Bertz CT molecular complexity index is 1510. The standard InChI is InChI=1S/C57H97NO13/c1-3-5-7-9-11-13-15-17-19-20-21-22-23-24-25-27-28-30-32-34-36-38-40-46(61)45(58-49(62)41-39-37-35-33-31-29-26-18-16-14-12-10-8-6-4-2)44-68-56-54(67)52(65)55(48(43-60)70-56)71-57-53(66)51(64)50(63)47(42-59)69-57/h6,8,12,14,18,24-26,30-33,38,40,45-48,50-57,59-61,63-67H,3-5,7,9-11,13,15-17,19-23,27-29,34-37,39,41-44H2,1-2H3,(H,58,62)/b8-6-,14-12-,25-24+,26-18-,32-30+,33-31-,40-38+. The topological polar surface area (TPSA) is 228 Å². The SMILES string of the molecule is CC/C=C\C/C=C\C/C=C\C/C=C\CCCCC(=O)NC(COC1OC(CO)C(OC2OC(CO)C(O)C(O)C2O)C(O)C1O)C(O)/C=C/CC/C=C/CC/C=C/CCCCCCCCCCCCCC. The highest BCUT2D eigenvalue weighted by Gasteiger charge is 2.51. The summed E-state index contributed by atoms with van der Waals surface area (Å²) >= 11 is 0. The van der Waals surface area contributed by atoms with Crippen molar-refractivity contribution < 1.29 is 64.6 Å². The van der Waals surface area contributed by atoms with E-state index in [9.17, 15) is 45.6 Å². The van der Waals surface area contributed by atoms with E-state index < -0.39 is 86.8 Å². The highest BCUT2D eigenvalue weighted by atomic mass is 16.7. The number of carbonyl (C=O) groups excluding carboxylic acids is 1. The Labute approximate surface area is 427 Å². The molecule has 0 aromatic heterocycles. The third kappa shape index (κ3) is 29.0. The molecule has 0 bridgehead atoms. The molecule has 2 aliphatic heterocycles. The Morgan fingerprint density at radius 2 is 0.986 bits per heavy atom. The maximum absolute atomic E-state index is 13.2. The van der Waals surface area contributed by atoms with E-state index in [2.05, 4.69) is 92.1 Å². The molecule has 2 saturated heterocycles. The molecule has 0 aliphatic carbocycles. The van der Waals surface area contributed by atoms with Gasteiger partial charge in [0.25, 0.3) is 0 Å². The first-order chi connectivity index (χ1) is 34.6. The van der Waals surface area contributed by atoms with E-state index in [0.717, 1.165) is 64.2 Å². The van der Waals surface area contributed by atoms with Crippen LogP contribution in [0.1, 0.15) is 174 Å². The van der Waals surface area contributed by atoms with Crippen LogP contribution in [0.15, 0.2) is 85.1 Å². The summed E-state index contributed by atoms with van der Waals surface area (Å²) in [6, 6.07) is -0.964. The molecule has 1 amide bonds. The van der Waals surface area contributed by atoms with Crippen LogP contribution in [0.25, 0.3) is 0 Å². The number of nitrogens with one attached hydrogen (secondary N) is 1. The Morgan fingerprint density at radius 3 is 1.55 bits per heavy atom. The van der Waals surface area contributed by atoms with Gasteiger partial charge >= 0.3 is 0 Å². The summed E-state index contributed by atoms with van der Waals surface area (Å²) in [6.45, 7) is 2.60. The third-order valence-electron chi connectivity index (χ3n) is 12.8. The molecule has 14 heteroatoms. The molecule has 2 rings (SSSR count). The van der Waals surface area contributed by atoms with Gasteiger partial charge in [0.2, 0.25) is 5.91 Å². The summed E-state index contributed by atoms with van der Waals surface area (Å²) in [6.07, 6.45) is 39.2. The zero-order chi connectivity index (χ0) is 51.7. The molecule has 0 radical (unpaired) electrons. The number of aliphatic hydroxyl groups excluding tert-OH is 8. The van der Waals surface area contributed by atoms with Crippen molar-refractivity contribution in [3.05, 3.63) is 85.1 Å². The zero-order valence-electron chi connectivity index (χ0n) is 43.4. The molecule has 0 spiro atoms. The number of hydrogen-bond acceptors (Lipinski definition) is 13. The van der Waals surface area contributed by atoms with E-state index in [1.807, 2.05) is 6.08 Å². The lowest BCUT2D eigenvalue weighted by Gasteiger charge is -2.46. The largest absolute Gasteiger partial charge is 0.394 e. The van der Waals surface area contributed by atoms with E-state index >= 15 is 0 Å². The normalized spacial score (nSPS) is 26.5. The summed E-state index contributed by atoms with van der Waals surface area (Å²) in [5.74, 6) is -0.298. The minimum Gasteiger partial charge on any atom is -0.394 e. The highest BCUT2D eigenvalue weighted by Crippen LogP contribution is 2.30. The van der Waals surface area contributed by atoms with Crippen molar-refractivity contribution in [1.82, 2.24) is 5.32 Å². The van der Waals surface area contributed by atoms with E-state index in [1.165, 1.54) is 77.0 Å². The Kier molecular flexibility index (Phi) is 38.5. The maximum atomic E-state index is 13.2. The van der Waals surface area contributed by atoms with Crippen molar-refractivity contribution in [2.24, 2.45) is 0 Å².